The SMILES string of the molecule is CNc1ncccc1C(=O)N1CC[C@@]23OC[C@@H](c4ccccc4)N2C(=O)C[C@@H]13. The molecule has 2 amide bonds. The third-order valence-corrected chi connectivity index (χ3v) is 6.18. The van der Waals surface area contributed by atoms with E-state index >= 15 is 0 Å². The van der Waals surface area contributed by atoms with Crippen LogP contribution in [-0.4, -0.2) is 58.6 Å². The highest BCUT2D eigenvalue weighted by Gasteiger charge is 2.65. The molecule has 144 valence electrons. The molecule has 1 N–H and O–H groups in total. The molecule has 3 fully saturated rings. The van der Waals surface area contributed by atoms with Crippen molar-refractivity contribution in [2.45, 2.75) is 30.7 Å². The van der Waals surface area contributed by atoms with Crippen molar-refractivity contribution in [3.63, 3.8) is 0 Å². The minimum absolute atomic E-state index is 0.0499. The van der Waals surface area contributed by atoms with Crippen molar-refractivity contribution in [3.8, 4) is 0 Å². The smallest absolute Gasteiger partial charge is 0.258 e. The second kappa shape index (κ2) is 6.31. The first-order chi connectivity index (χ1) is 13.7. The van der Waals surface area contributed by atoms with E-state index in [-0.39, 0.29) is 23.9 Å². The van der Waals surface area contributed by atoms with Gasteiger partial charge in [-0.25, -0.2) is 4.98 Å². The lowest BCUT2D eigenvalue weighted by Gasteiger charge is -2.33. The Morgan fingerprint density at radius 2 is 2.07 bits per heavy atom. The number of amides is 2. The molecule has 4 heterocycles. The predicted octanol–water partition coefficient (Wildman–Crippen LogP) is 2.04. The number of carbonyl (C=O) groups excluding carboxylic acids is 2. The van der Waals surface area contributed by atoms with Crippen LogP contribution in [0.5, 0.6) is 0 Å². The Morgan fingerprint density at radius 3 is 2.86 bits per heavy atom. The Labute approximate surface area is 163 Å². The number of nitrogens with zero attached hydrogens (tertiary/aromatic N) is 3. The Morgan fingerprint density at radius 1 is 1.25 bits per heavy atom. The average Bonchev–Trinajstić information content (AvgIpc) is 3.37. The van der Waals surface area contributed by atoms with Crippen LogP contribution in [0, 0.1) is 0 Å². The van der Waals surface area contributed by atoms with E-state index < -0.39 is 5.72 Å². The largest absolute Gasteiger partial charge is 0.372 e. The molecular weight excluding hydrogens is 356 g/mol. The summed E-state index contributed by atoms with van der Waals surface area (Å²) in [5, 5.41) is 2.97. The van der Waals surface area contributed by atoms with Crippen LogP contribution < -0.4 is 5.32 Å². The molecule has 3 atom stereocenters. The van der Waals surface area contributed by atoms with Gasteiger partial charge in [0.05, 0.1) is 30.7 Å². The number of nitrogens with one attached hydrogen (secondary N) is 1. The maximum absolute atomic E-state index is 13.3. The second-order valence-corrected chi connectivity index (χ2v) is 7.46. The van der Waals surface area contributed by atoms with Crippen LogP contribution in [-0.2, 0) is 9.53 Å². The van der Waals surface area contributed by atoms with Gasteiger partial charge < -0.3 is 19.9 Å². The Balaban J connectivity index is 1.47. The molecule has 0 radical (unpaired) electrons. The number of carbonyl (C=O) groups is 2. The van der Waals surface area contributed by atoms with Crippen molar-refractivity contribution in [3.05, 3.63) is 59.8 Å². The van der Waals surface area contributed by atoms with Crippen molar-refractivity contribution >= 4 is 17.6 Å². The summed E-state index contributed by atoms with van der Waals surface area (Å²) in [6, 6.07) is 13.1. The summed E-state index contributed by atoms with van der Waals surface area (Å²) in [6.07, 6.45) is 2.58. The van der Waals surface area contributed by atoms with E-state index in [1.165, 1.54) is 0 Å². The van der Waals surface area contributed by atoms with Gasteiger partial charge in [0, 0.05) is 26.2 Å². The highest BCUT2D eigenvalue weighted by Crippen LogP contribution is 2.51. The van der Waals surface area contributed by atoms with E-state index in [1.54, 1.807) is 30.3 Å². The minimum atomic E-state index is -0.713. The molecule has 0 bridgehead atoms. The molecule has 1 aromatic carbocycles. The third kappa shape index (κ3) is 2.29. The minimum Gasteiger partial charge on any atom is -0.372 e. The number of benzene rings is 1. The second-order valence-electron chi connectivity index (χ2n) is 7.46. The molecule has 1 aromatic heterocycles. The van der Waals surface area contributed by atoms with Crippen LogP contribution in [0.15, 0.2) is 48.7 Å². The van der Waals surface area contributed by atoms with Crippen molar-refractivity contribution < 1.29 is 14.3 Å². The number of hydrogen-bond acceptors (Lipinski definition) is 5. The first-order valence-corrected chi connectivity index (χ1v) is 9.60. The average molecular weight is 378 g/mol. The molecule has 7 heteroatoms. The number of pyridine rings is 1. The maximum atomic E-state index is 13.3. The summed E-state index contributed by atoms with van der Waals surface area (Å²) < 4.78 is 6.28. The fraction of sp³-hybridized carbons (Fsp3) is 0.381. The van der Waals surface area contributed by atoms with Gasteiger partial charge in [-0.2, -0.15) is 0 Å². The highest BCUT2D eigenvalue weighted by atomic mass is 16.5. The van der Waals surface area contributed by atoms with Crippen LogP contribution in [0.3, 0.4) is 0 Å². The summed E-state index contributed by atoms with van der Waals surface area (Å²) in [7, 11) is 1.75. The first kappa shape index (κ1) is 17.2. The number of ether oxygens (including phenoxy) is 1. The van der Waals surface area contributed by atoms with E-state index in [0.29, 0.717) is 37.4 Å². The molecule has 3 aliphatic heterocycles. The standard InChI is InChI=1S/C21H22N4O3/c1-22-19-15(8-5-10-23-19)20(27)24-11-9-21-17(24)12-18(26)25(21)16(13-28-21)14-6-3-2-4-7-14/h2-8,10,16-17H,9,11-13H2,1H3,(H,22,23)/t16-,17+,21-/m0/s1. The lowest BCUT2D eigenvalue weighted by molar-refractivity contribution is -0.138. The van der Waals surface area contributed by atoms with Gasteiger partial charge in [-0.3, -0.25) is 9.59 Å². The van der Waals surface area contributed by atoms with Crippen molar-refractivity contribution in [1.82, 2.24) is 14.8 Å². The molecule has 7 nitrogen and oxygen atoms in total. The number of anilines is 1. The number of aromatic nitrogens is 1. The van der Waals surface area contributed by atoms with Crippen molar-refractivity contribution in [2.24, 2.45) is 0 Å². The monoisotopic (exact) mass is 378 g/mol. The fourth-order valence-electron chi connectivity index (χ4n) is 4.94. The molecule has 0 aliphatic carbocycles. The molecule has 3 saturated heterocycles. The molecular formula is C21H22N4O3. The van der Waals surface area contributed by atoms with Gasteiger partial charge in [0.15, 0.2) is 5.72 Å². The zero-order valence-corrected chi connectivity index (χ0v) is 15.7. The van der Waals surface area contributed by atoms with E-state index in [2.05, 4.69) is 10.3 Å². The number of hydrogen-bond donors (Lipinski definition) is 1. The van der Waals surface area contributed by atoms with Gasteiger partial charge >= 0.3 is 0 Å². The normalized spacial score (nSPS) is 28.4. The Bertz CT molecular complexity index is 934. The quantitative estimate of drug-likeness (QED) is 0.885. The number of likely N-dealkylation sites (tertiary alicyclic amines) is 1. The topological polar surface area (TPSA) is 74.8 Å². The van der Waals surface area contributed by atoms with Gasteiger partial charge in [0.2, 0.25) is 5.91 Å². The summed E-state index contributed by atoms with van der Waals surface area (Å²) in [5.74, 6) is 0.485. The zero-order chi connectivity index (χ0) is 19.3. The summed E-state index contributed by atoms with van der Waals surface area (Å²) >= 11 is 0. The van der Waals surface area contributed by atoms with Crippen LogP contribution in [0.4, 0.5) is 5.82 Å². The van der Waals surface area contributed by atoms with E-state index in [0.717, 1.165) is 5.56 Å². The lowest BCUT2D eigenvalue weighted by Crippen LogP contribution is -2.49. The Hall–Kier alpha value is -2.93. The van der Waals surface area contributed by atoms with E-state index in [9.17, 15) is 9.59 Å². The Kier molecular flexibility index (Phi) is 3.87. The van der Waals surface area contributed by atoms with Crippen molar-refractivity contribution in [2.75, 3.05) is 25.5 Å². The lowest BCUT2D eigenvalue weighted by atomic mass is 10.0. The molecule has 5 rings (SSSR count). The predicted molar refractivity (Wildman–Crippen MR) is 103 cm³/mol. The van der Waals surface area contributed by atoms with Gasteiger partial charge in [-0.1, -0.05) is 30.3 Å². The van der Waals surface area contributed by atoms with Gasteiger partial charge in [-0.05, 0) is 17.7 Å². The molecule has 0 saturated carbocycles. The fourth-order valence-corrected chi connectivity index (χ4v) is 4.94. The molecule has 0 unspecified atom stereocenters. The van der Waals surface area contributed by atoms with Crippen LogP contribution in [0.1, 0.15) is 34.8 Å². The van der Waals surface area contributed by atoms with E-state index in [4.69, 9.17) is 4.74 Å². The summed E-state index contributed by atoms with van der Waals surface area (Å²) in [6.45, 7) is 1.02. The van der Waals surface area contributed by atoms with Gasteiger partial charge in [0.1, 0.15) is 5.82 Å². The highest BCUT2D eigenvalue weighted by molar-refractivity contribution is 5.99. The van der Waals surface area contributed by atoms with Crippen LogP contribution >= 0.6 is 0 Å². The van der Waals surface area contributed by atoms with Crippen molar-refractivity contribution in [1.29, 1.82) is 0 Å². The van der Waals surface area contributed by atoms with Gasteiger partial charge in [0.25, 0.3) is 5.91 Å². The molecule has 2 aromatic rings. The first-order valence-electron chi connectivity index (χ1n) is 9.60. The third-order valence-electron chi connectivity index (χ3n) is 6.18. The maximum Gasteiger partial charge on any atom is 0.258 e. The van der Waals surface area contributed by atoms with Gasteiger partial charge in [-0.15, -0.1) is 0 Å². The summed E-state index contributed by atoms with van der Waals surface area (Å²) in [5.41, 5.74) is 0.878. The summed E-state index contributed by atoms with van der Waals surface area (Å²) in [4.78, 5) is 34.2. The molecule has 1 spiro atoms. The molecule has 3 aliphatic rings. The molecule has 28 heavy (non-hydrogen) atoms. The van der Waals surface area contributed by atoms with Crippen LogP contribution in [0.25, 0.3) is 0 Å². The van der Waals surface area contributed by atoms with E-state index in [1.807, 2.05) is 35.2 Å². The zero-order valence-electron chi connectivity index (χ0n) is 15.7. The van der Waals surface area contributed by atoms with Crippen LogP contribution in [0.2, 0.25) is 0 Å². The number of rotatable bonds is 3.